The van der Waals surface area contributed by atoms with E-state index in [4.69, 9.17) is 5.11 Å². The second kappa shape index (κ2) is 8.57. The van der Waals surface area contributed by atoms with Gasteiger partial charge in [-0.05, 0) is 62.7 Å². The Kier molecular flexibility index (Phi) is 7.10. The maximum absolute atomic E-state index is 10.6. The van der Waals surface area contributed by atoms with Crippen LogP contribution < -0.4 is 0 Å². The van der Waals surface area contributed by atoms with Gasteiger partial charge in [-0.1, -0.05) is 49.3 Å². The molecule has 0 aromatic rings. The van der Waals surface area contributed by atoms with Crippen molar-refractivity contribution in [3.63, 3.8) is 0 Å². The van der Waals surface area contributed by atoms with Gasteiger partial charge in [0, 0.05) is 6.08 Å². The van der Waals surface area contributed by atoms with Crippen LogP contribution in [0.5, 0.6) is 0 Å². The van der Waals surface area contributed by atoms with Crippen LogP contribution in [-0.2, 0) is 4.79 Å². The Morgan fingerprint density at radius 2 is 1.86 bits per heavy atom. The van der Waals surface area contributed by atoms with Gasteiger partial charge in [0.1, 0.15) is 0 Å². The number of carbonyl (C=O) groups is 1. The first kappa shape index (κ1) is 18.2. The first-order valence-electron chi connectivity index (χ1n) is 7.98. The van der Waals surface area contributed by atoms with E-state index in [1.165, 1.54) is 41.2 Å². The van der Waals surface area contributed by atoms with Gasteiger partial charge in [-0.3, -0.25) is 0 Å². The third-order valence-corrected chi connectivity index (χ3v) is 3.85. The Hall–Kier alpha value is -1.83. The maximum Gasteiger partial charge on any atom is 0.328 e. The normalized spacial score (nSPS) is 19.6. The molecule has 0 unspecified atom stereocenters. The van der Waals surface area contributed by atoms with Crippen LogP contribution >= 0.6 is 0 Å². The Labute approximate surface area is 134 Å². The van der Waals surface area contributed by atoms with E-state index in [1.807, 2.05) is 18.2 Å². The smallest absolute Gasteiger partial charge is 0.328 e. The van der Waals surface area contributed by atoms with E-state index < -0.39 is 5.97 Å². The van der Waals surface area contributed by atoms with Gasteiger partial charge in [0.2, 0.25) is 0 Å². The van der Waals surface area contributed by atoms with Gasteiger partial charge in [-0.25, -0.2) is 4.79 Å². The lowest BCUT2D eigenvalue weighted by molar-refractivity contribution is -0.131. The van der Waals surface area contributed by atoms with Crippen LogP contribution in [0.3, 0.4) is 0 Å². The predicted molar refractivity (Wildman–Crippen MR) is 93.8 cm³/mol. The van der Waals surface area contributed by atoms with Crippen LogP contribution in [0, 0.1) is 5.92 Å². The van der Waals surface area contributed by atoms with Crippen molar-refractivity contribution in [1.29, 1.82) is 0 Å². The molecule has 22 heavy (non-hydrogen) atoms. The summed E-state index contributed by atoms with van der Waals surface area (Å²) in [4.78, 5) is 10.6. The lowest BCUT2D eigenvalue weighted by Gasteiger charge is -2.24. The molecule has 0 saturated carbocycles. The number of aliphatic carboxylic acids is 1. The van der Waals surface area contributed by atoms with Gasteiger partial charge in [-0.2, -0.15) is 0 Å². The van der Waals surface area contributed by atoms with Gasteiger partial charge in [0.05, 0.1) is 0 Å². The van der Waals surface area contributed by atoms with E-state index in [0.29, 0.717) is 5.92 Å². The minimum atomic E-state index is -0.908. The van der Waals surface area contributed by atoms with E-state index in [2.05, 4.69) is 33.8 Å². The summed E-state index contributed by atoms with van der Waals surface area (Å²) in [6.07, 6.45) is 12.9. The molecular formula is C20H28O2. The number of rotatable bonds is 5. The first-order valence-corrected chi connectivity index (χ1v) is 7.98. The fourth-order valence-corrected chi connectivity index (χ4v) is 3.02. The Morgan fingerprint density at radius 1 is 1.18 bits per heavy atom. The second-order valence-corrected chi connectivity index (χ2v) is 6.37. The summed E-state index contributed by atoms with van der Waals surface area (Å²) >= 11 is 0. The molecule has 0 amide bonds. The average Bonchev–Trinajstić information content (AvgIpc) is 2.37. The van der Waals surface area contributed by atoms with Crippen LogP contribution in [0.1, 0.15) is 53.9 Å². The molecule has 0 heterocycles. The third kappa shape index (κ3) is 5.88. The number of carboxylic acids is 1. The van der Waals surface area contributed by atoms with E-state index in [-0.39, 0.29) is 0 Å². The van der Waals surface area contributed by atoms with Crippen LogP contribution in [-0.4, -0.2) is 11.1 Å². The van der Waals surface area contributed by atoms with Gasteiger partial charge >= 0.3 is 5.97 Å². The van der Waals surface area contributed by atoms with Crippen LogP contribution in [0.25, 0.3) is 0 Å². The zero-order chi connectivity index (χ0) is 16.7. The molecule has 2 nitrogen and oxygen atoms in total. The van der Waals surface area contributed by atoms with E-state index in [9.17, 15) is 4.79 Å². The minimum absolute atomic E-state index is 0.565. The fraction of sp³-hybridized carbons (Fsp3) is 0.450. The molecule has 1 N–H and O–H groups in total. The number of allylic oxidation sites excluding steroid dienone is 9. The molecule has 1 rings (SSSR count). The van der Waals surface area contributed by atoms with Crippen molar-refractivity contribution in [2.24, 2.45) is 5.92 Å². The largest absolute Gasteiger partial charge is 0.478 e. The van der Waals surface area contributed by atoms with Crippen LogP contribution in [0.15, 0.2) is 58.2 Å². The maximum atomic E-state index is 10.6. The third-order valence-electron chi connectivity index (χ3n) is 3.85. The van der Waals surface area contributed by atoms with Crippen molar-refractivity contribution in [2.45, 2.75) is 53.9 Å². The Morgan fingerprint density at radius 3 is 2.45 bits per heavy atom. The van der Waals surface area contributed by atoms with E-state index >= 15 is 0 Å². The standard InChI is InChI=1S/C20H28O2/c1-14(2)20-17(5)10-7-11-18(20)12-15(3)8-6-9-16(4)13-19(21)22/h6,8-9,12-14H,7,10-11H2,1-5H3,(H,21,22)/b9-6+,15-8-,16-13-,18-12+. The molecule has 0 aromatic carbocycles. The second-order valence-electron chi connectivity index (χ2n) is 6.37. The van der Waals surface area contributed by atoms with Crippen molar-refractivity contribution >= 4 is 5.97 Å². The number of hydrogen-bond donors (Lipinski definition) is 1. The Balaban J connectivity index is 2.91. The molecule has 1 aliphatic rings. The van der Waals surface area contributed by atoms with E-state index in [0.717, 1.165) is 12.0 Å². The lowest BCUT2D eigenvalue weighted by atomic mass is 9.81. The van der Waals surface area contributed by atoms with E-state index in [1.54, 1.807) is 6.92 Å². The molecule has 0 radical (unpaired) electrons. The molecule has 120 valence electrons. The molecule has 2 heteroatoms. The van der Waals surface area contributed by atoms with Crippen molar-refractivity contribution < 1.29 is 9.90 Å². The number of carboxylic acid groups (broad SMARTS) is 1. The topological polar surface area (TPSA) is 37.3 Å². The van der Waals surface area contributed by atoms with Gasteiger partial charge in [0.25, 0.3) is 0 Å². The highest BCUT2D eigenvalue weighted by atomic mass is 16.4. The molecule has 0 aliphatic heterocycles. The first-order chi connectivity index (χ1) is 10.3. The SMILES string of the molecule is CC1=C(C(C)C)/C(=C/C(C)=C\C=C\C(C)=C/C(=O)O)CCC1. The monoisotopic (exact) mass is 300 g/mol. The summed E-state index contributed by atoms with van der Waals surface area (Å²) in [5.74, 6) is -0.343. The van der Waals surface area contributed by atoms with Crippen LogP contribution in [0.2, 0.25) is 0 Å². The lowest BCUT2D eigenvalue weighted by Crippen LogP contribution is -2.07. The molecule has 1 aliphatic carbocycles. The summed E-state index contributed by atoms with van der Waals surface area (Å²) in [5.41, 5.74) is 6.43. The molecular weight excluding hydrogens is 272 g/mol. The highest BCUT2D eigenvalue weighted by Crippen LogP contribution is 2.34. The quantitative estimate of drug-likeness (QED) is 0.530. The molecule has 0 aromatic heterocycles. The number of hydrogen-bond acceptors (Lipinski definition) is 1. The highest BCUT2D eigenvalue weighted by molar-refractivity contribution is 5.81. The van der Waals surface area contributed by atoms with Gasteiger partial charge in [-0.15, -0.1) is 0 Å². The summed E-state index contributed by atoms with van der Waals surface area (Å²) in [6, 6.07) is 0. The fourth-order valence-electron chi connectivity index (χ4n) is 3.02. The zero-order valence-corrected chi connectivity index (χ0v) is 14.4. The van der Waals surface area contributed by atoms with Crippen LogP contribution in [0.4, 0.5) is 0 Å². The van der Waals surface area contributed by atoms with Crippen molar-refractivity contribution in [3.8, 4) is 0 Å². The highest BCUT2D eigenvalue weighted by Gasteiger charge is 2.17. The van der Waals surface area contributed by atoms with Gasteiger partial charge in [0.15, 0.2) is 0 Å². The predicted octanol–water partition coefficient (Wildman–Crippen LogP) is 5.60. The molecule has 0 atom stereocenters. The summed E-state index contributed by atoms with van der Waals surface area (Å²) in [7, 11) is 0. The van der Waals surface area contributed by atoms with Gasteiger partial charge < -0.3 is 5.11 Å². The summed E-state index contributed by atoms with van der Waals surface area (Å²) in [6.45, 7) is 10.7. The Bertz CT molecular complexity index is 567. The van der Waals surface area contributed by atoms with Crippen molar-refractivity contribution in [1.82, 2.24) is 0 Å². The molecule has 0 fully saturated rings. The average molecular weight is 300 g/mol. The summed E-state index contributed by atoms with van der Waals surface area (Å²) < 4.78 is 0. The van der Waals surface area contributed by atoms with Crippen molar-refractivity contribution in [2.75, 3.05) is 0 Å². The molecule has 0 bridgehead atoms. The summed E-state index contributed by atoms with van der Waals surface area (Å²) in [5, 5.41) is 8.67. The molecule has 0 spiro atoms. The van der Waals surface area contributed by atoms with Crippen molar-refractivity contribution in [3.05, 3.63) is 58.2 Å². The minimum Gasteiger partial charge on any atom is -0.478 e. The molecule has 0 saturated heterocycles. The zero-order valence-electron chi connectivity index (χ0n) is 14.4.